The van der Waals surface area contributed by atoms with Crippen LogP contribution in [0.1, 0.15) is 19.3 Å². The molecular formula is C14H15FN2. The van der Waals surface area contributed by atoms with Gasteiger partial charge in [0.1, 0.15) is 11.6 Å². The van der Waals surface area contributed by atoms with Crippen LogP contribution < -0.4 is 4.90 Å². The van der Waals surface area contributed by atoms with Crippen molar-refractivity contribution < 1.29 is 4.39 Å². The number of nitrogens with zero attached hydrogens (tertiary/aromatic N) is 2. The first-order valence-electron chi connectivity index (χ1n) is 6.14. The molecule has 3 rings (SSSR count). The molecule has 0 aliphatic carbocycles. The summed E-state index contributed by atoms with van der Waals surface area (Å²) in [6.07, 6.45) is 5.50. The molecule has 0 radical (unpaired) electrons. The van der Waals surface area contributed by atoms with E-state index in [1.807, 2.05) is 18.3 Å². The lowest BCUT2D eigenvalue weighted by Crippen LogP contribution is -2.30. The number of benzene rings is 1. The third-order valence-corrected chi connectivity index (χ3v) is 3.36. The maximum absolute atomic E-state index is 13.3. The van der Waals surface area contributed by atoms with E-state index in [2.05, 4.69) is 9.88 Å². The zero-order chi connectivity index (χ0) is 11.7. The molecule has 0 spiro atoms. The largest absolute Gasteiger partial charge is 0.356 e. The highest BCUT2D eigenvalue weighted by molar-refractivity contribution is 5.92. The van der Waals surface area contributed by atoms with Crippen LogP contribution in [0, 0.1) is 5.82 Å². The molecule has 1 aromatic heterocycles. The van der Waals surface area contributed by atoms with Crippen molar-refractivity contribution >= 4 is 16.6 Å². The lowest BCUT2D eigenvalue weighted by atomic mass is 10.1. The minimum Gasteiger partial charge on any atom is -0.356 e. The number of aromatic nitrogens is 1. The number of anilines is 1. The Labute approximate surface area is 100 Å². The molecule has 0 saturated carbocycles. The normalized spacial score (nSPS) is 16.4. The van der Waals surface area contributed by atoms with Crippen LogP contribution in [0.3, 0.4) is 0 Å². The SMILES string of the molecule is Fc1ccc2ccnc(N3CCCCC3)c2c1. The first kappa shape index (κ1) is 10.5. The van der Waals surface area contributed by atoms with Gasteiger partial charge in [0.2, 0.25) is 0 Å². The fourth-order valence-electron chi connectivity index (χ4n) is 2.48. The van der Waals surface area contributed by atoms with Crippen LogP contribution in [0.5, 0.6) is 0 Å². The van der Waals surface area contributed by atoms with E-state index < -0.39 is 0 Å². The first-order valence-corrected chi connectivity index (χ1v) is 6.14. The van der Waals surface area contributed by atoms with Crippen molar-refractivity contribution in [2.24, 2.45) is 0 Å². The third-order valence-electron chi connectivity index (χ3n) is 3.36. The van der Waals surface area contributed by atoms with Gasteiger partial charge in [-0.2, -0.15) is 0 Å². The Morgan fingerprint density at radius 2 is 1.88 bits per heavy atom. The molecule has 1 saturated heterocycles. The Bertz CT molecular complexity index is 533. The molecule has 0 amide bonds. The van der Waals surface area contributed by atoms with E-state index >= 15 is 0 Å². The van der Waals surface area contributed by atoms with Gasteiger partial charge in [0.25, 0.3) is 0 Å². The van der Waals surface area contributed by atoms with Crippen molar-refractivity contribution in [2.45, 2.75) is 19.3 Å². The minimum absolute atomic E-state index is 0.191. The Balaban J connectivity index is 2.11. The second kappa shape index (κ2) is 4.32. The van der Waals surface area contributed by atoms with E-state index in [1.54, 1.807) is 6.07 Å². The standard InChI is InChI=1S/C14H15FN2/c15-12-5-4-11-6-7-16-14(13(11)10-12)17-8-2-1-3-9-17/h4-7,10H,1-3,8-9H2. The highest BCUT2D eigenvalue weighted by Gasteiger charge is 2.14. The number of hydrogen-bond acceptors (Lipinski definition) is 2. The van der Waals surface area contributed by atoms with Crippen molar-refractivity contribution in [3.63, 3.8) is 0 Å². The lowest BCUT2D eigenvalue weighted by Gasteiger charge is -2.28. The lowest BCUT2D eigenvalue weighted by molar-refractivity contribution is 0.574. The Morgan fingerprint density at radius 3 is 2.71 bits per heavy atom. The van der Waals surface area contributed by atoms with Crippen LogP contribution in [0.4, 0.5) is 10.2 Å². The van der Waals surface area contributed by atoms with Gasteiger partial charge in [-0.25, -0.2) is 9.37 Å². The molecule has 88 valence electrons. The second-order valence-corrected chi connectivity index (χ2v) is 4.55. The summed E-state index contributed by atoms with van der Waals surface area (Å²) in [7, 11) is 0. The summed E-state index contributed by atoms with van der Waals surface area (Å²) in [5.41, 5.74) is 0. The van der Waals surface area contributed by atoms with Crippen LogP contribution in [-0.2, 0) is 0 Å². The molecule has 1 aliphatic heterocycles. The number of fused-ring (bicyclic) bond motifs is 1. The summed E-state index contributed by atoms with van der Waals surface area (Å²) in [4.78, 5) is 6.70. The van der Waals surface area contributed by atoms with Crippen molar-refractivity contribution in [2.75, 3.05) is 18.0 Å². The highest BCUT2D eigenvalue weighted by Crippen LogP contribution is 2.27. The summed E-state index contributed by atoms with van der Waals surface area (Å²) in [5.74, 6) is 0.741. The van der Waals surface area contributed by atoms with Gasteiger partial charge in [-0.3, -0.25) is 0 Å². The molecule has 0 N–H and O–H groups in total. The molecule has 0 unspecified atom stereocenters. The van der Waals surface area contributed by atoms with Gasteiger partial charge in [-0.1, -0.05) is 6.07 Å². The minimum atomic E-state index is -0.191. The summed E-state index contributed by atoms with van der Waals surface area (Å²) < 4.78 is 13.3. The van der Waals surface area contributed by atoms with Crippen LogP contribution in [0.15, 0.2) is 30.5 Å². The molecule has 1 fully saturated rings. The average Bonchev–Trinajstić information content (AvgIpc) is 2.39. The predicted octanol–water partition coefficient (Wildman–Crippen LogP) is 3.36. The first-order chi connectivity index (χ1) is 8.34. The molecule has 2 heterocycles. The molecular weight excluding hydrogens is 215 g/mol. The number of pyridine rings is 1. The Kier molecular flexibility index (Phi) is 2.67. The van der Waals surface area contributed by atoms with Gasteiger partial charge in [-0.05, 0) is 42.8 Å². The predicted molar refractivity (Wildman–Crippen MR) is 67.8 cm³/mol. The molecule has 0 atom stereocenters. The van der Waals surface area contributed by atoms with Crippen molar-refractivity contribution in [3.8, 4) is 0 Å². The van der Waals surface area contributed by atoms with Gasteiger partial charge in [0.05, 0.1) is 0 Å². The van der Waals surface area contributed by atoms with Crippen LogP contribution >= 0.6 is 0 Å². The number of piperidine rings is 1. The third kappa shape index (κ3) is 1.97. The average molecular weight is 230 g/mol. The molecule has 3 heteroatoms. The summed E-state index contributed by atoms with van der Waals surface area (Å²) in [6.45, 7) is 2.06. The molecule has 17 heavy (non-hydrogen) atoms. The van der Waals surface area contributed by atoms with E-state index in [9.17, 15) is 4.39 Å². The molecule has 1 aromatic carbocycles. The van der Waals surface area contributed by atoms with E-state index in [0.717, 1.165) is 29.7 Å². The topological polar surface area (TPSA) is 16.1 Å². The zero-order valence-electron chi connectivity index (χ0n) is 9.69. The fraction of sp³-hybridized carbons (Fsp3) is 0.357. The number of rotatable bonds is 1. The summed E-state index contributed by atoms with van der Waals surface area (Å²) in [6, 6.07) is 6.84. The molecule has 2 aromatic rings. The zero-order valence-corrected chi connectivity index (χ0v) is 9.69. The van der Waals surface area contributed by atoms with Gasteiger partial charge in [-0.15, -0.1) is 0 Å². The van der Waals surface area contributed by atoms with Crippen molar-refractivity contribution in [1.29, 1.82) is 0 Å². The smallest absolute Gasteiger partial charge is 0.136 e. The quantitative estimate of drug-likeness (QED) is 0.746. The van der Waals surface area contributed by atoms with Gasteiger partial charge in [0, 0.05) is 24.7 Å². The van der Waals surface area contributed by atoms with E-state index in [0.29, 0.717) is 0 Å². The van der Waals surface area contributed by atoms with Crippen LogP contribution in [0.25, 0.3) is 10.8 Å². The van der Waals surface area contributed by atoms with Gasteiger partial charge < -0.3 is 4.90 Å². The van der Waals surface area contributed by atoms with Gasteiger partial charge in [0.15, 0.2) is 0 Å². The van der Waals surface area contributed by atoms with E-state index in [-0.39, 0.29) is 5.82 Å². The molecule has 2 nitrogen and oxygen atoms in total. The van der Waals surface area contributed by atoms with Crippen LogP contribution in [0.2, 0.25) is 0 Å². The second-order valence-electron chi connectivity index (χ2n) is 4.55. The maximum Gasteiger partial charge on any atom is 0.136 e. The summed E-state index contributed by atoms with van der Waals surface area (Å²) in [5, 5.41) is 1.98. The number of halogens is 1. The van der Waals surface area contributed by atoms with E-state index in [4.69, 9.17) is 0 Å². The number of hydrogen-bond donors (Lipinski definition) is 0. The van der Waals surface area contributed by atoms with Crippen molar-refractivity contribution in [3.05, 3.63) is 36.3 Å². The molecule has 1 aliphatic rings. The Morgan fingerprint density at radius 1 is 1.06 bits per heavy atom. The Hall–Kier alpha value is -1.64. The highest BCUT2D eigenvalue weighted by atomic mass is 19.1. The summed E-state index contributed by atoms with van der Waals surface area (Å²) >= 11 is 0. The van der Waals surface area contributed by atoms with Gasteiger partial charge >= 0.3 is 0 Å². The monoisotopic (exact) mass is 230 g/mol. The van der Waals surface area contributed by atoms with E-state index in [1.165, 1.54) is 25.3 Å². The van der Waals surface area contributed by atoms with Crippen LogP contribution in [-0.4, -0.2) is 18.1 Å². The van der Waals surface area contributed by atoms with Crippen molar-refractivity contribution in [1.82, 2.24) is 4.98 Å². The fourth-order valence-corrected chi connectivity index (χ4v) is 2.48. The maximum atomic E-state index is 13.3. The molecule has 0 bridgehead atoms.